The predicted molar refractivity (Wildman–Crippen MR) is 71.4 cm³/mol. The Labute approximate surface area is 108 Å². The fourth-order valence-corrected chi connectivity index (χ4v) is 1.69. The molecule has 0 aliphatic heterocycles. The smallest absolute Gasteiger partial charge is 0.227 e. The summed E-state index contributed by atoms with van der Waals surface area (Å²) in [5.41, 5.74) is 0.570. The molecule has 0 N–H and O–H groups in total. The van der Waals surface area contributed by atoms with E-state index in [1.54, 1.807) is 12.1 Å². The largest absolute Gasteiger partial charge is 0.489 e. The number of quaternary nitrogens is 1. The molecule has 2 nitrogen and oxygen atoms in total. The molecule has 0 saturated heterocycles. The van der Waals surface area contributed by atoms with Crippen molar-refractivity contribution in [3.63, 3.8) is 0 Å². The molecule has 0 aromatic heterocycles. The third-order valence-electron chi connectivity index (χ3n) is 2.50. The van der Waals surface area contributed by atoms with Gasteiger partial charge < -0.3 is 4.74 Å². The van der Waals surface area contributed by atoms with Crippen LogP contribution in [0.15, 0.2) is 12.1 Å². The van der Waals surface area contributed by atoms with Crippen molar-refractivity contribution in [1.82, 2.24) is 4.48 Å². The number of halogens is 2. The van der Waals surface area contributed by atoms with Crippen molar-refractivity contribution >= 4 is 17.3 Å². The summed E-state index contributed by atoms with van der Waals surface area (Å²) in [5.74, 6) is -0.188. The Hall–Kier alpha value is -0.800. The first kappa shape index (κ1) is 14.3. The van der Waals surface area contributed by atoms with Gasteiger partial charge in [0.1, 0.15) is 0 Å². The summed E-state index contributed by atoms with van der Waals surface area (Å²) in [6.45, 7) is 2.55. The lowest BCUT2D eigenvalue weighted by Crippen LogP contribution is -2.35. The molecule has 4 heteroatoms. The van der Waals surface area contributed by atoms with Crippen LogP contribution in [0.1, 0.15) is 19.8 Å². The van der Waals surface area contributed by atoms with E-state index >= 15 is 0 Å². The zero-order valence-corrected chi connectivity index (χ0v) is 11.6. The maximum absolute atomic E-state index is 14.2. The number of rotatable bonds is 5. The van der Waals surface area contributed by atoms with Crippen LogP contribution in [0.3, 0.4) is 0 Å². The van der Waals surface area contributed by atoms with Crippen LogP contribution < -0.4 is 9.22 Å². The Balaban J connectivity index is 3.03. The summed E-state index contributed by atoms with van der Waals surface area (Å²) < 4.78 is 20.1. The van der Waals surface area contributed by atoms with Gasteiger partial charge in [0.15, 0.2) is 11.4 Å². The van der Waals surface area contributed by atoms with Gasteiger partial charge in [0.2, 0.25) is 5.82 Å². The number of hydrogen-bond donors (Lipinski definition) is 0. The van der Waals surface area contributed by atoms with E-state index in [0.717, 1.165) is 12.8 Å². The van der Waals surface area contributed by atoms with Crippen molar-refractivity contribution in [2.75, 3.05) is 27.7 Å². The Morgan fingerprint density at radius 2 is 1.94 bits per heavy atom. The standard InChI is InChI=1S/C13H20ClFNO/c1-5-6-9-17-13-10(14)7-8-11(12(13)15)16(2,3)4/h7-8H,5-6,9H2,1-4H3/q+1. The van der Waals surface area contributed by atoms with Crippen molar-refractivity contribution in [3.8, 4) is 5.75 Å². The van der Waals surface area contributed by atoms with Crippen LogP contribution in [0, 0.1) is 5.82 Å². The Morgan fingerprint density at radius 3 is 2.47 bits per heavy atom. The first-order valence-electron chi connectivity index (χ1n) is 5.80. The fourth-order valence-electron chi connectivity index (χ4n) is 1.49. The summed E-state index contributed by atoms with van der Waals surface area (Å²) >= 11 is 5.96. The third-order valence-corrected chi connectivity index (χ3v) is 2.79. The number of ether oxygens (including phenoxy) is 1. The third kappa shape index (κ3) is 3.58. The van der Waals surface area contributed by atoms with Gasteiger partial charge in [-0.15, -0.1) is 0 Å². The van der Waals surface area contributed by atoms with Crippen LogP contribution in [0.5, 0.6) is 5.75 Å². The molecule has 1 rings (SSSR count). The molecule has 1 aromatic rings. The van der Waals surface area contributed by atoms with Crippen LogP contribution in [0.2, 0.25) is 5.02 Å². The van der Waals surface area contributed by atoms with Gasteiger partial charge in [-0.05, 0) is 12.5 Å². The highest BCUT2D eigenvalue weighted by Gasteiger charge is 2.23. The number of benzene rings is 1. The molecule has 96 valence electrons. The van der Waals surface area contributed by atoms with Gasteiger partial charge >= 0.3 is 0 Å². The van der Waals surface area contributed by atoms with Gasteiger partial charge in [0, 0.05) is 6.07 Å². The van der Waals surface area contributed by atoms with E-state index in [0.29, 0.717) is 21.8 Å². The second kappa shape index (κ2) is 5.69. The van der Waals surface area contributed by atoms with Crippen LogP contribution in [0.4, 0.5) is 10.1 Å². The molecule has 0 bridgehead atoms. The summed E-state index contributed by atoms with van der Waals surface area (Å²) in [4.78, 5) is 0. The molecule has 0 aliphatic rings. The van der Waals surface area contributed by atoms with Gasteiger partial charge in [-0.3, -0.25) is 4.48 Å². The fraction of sp³-hybridized carbons (Fsp3) is 0.538. The molecule has 1 aromatic carbocycles. The molecular formula is C13H20ClFNO+. The highest BCUT2D eigenvalue weighted by atomic mass is 35.5. The monoisotopic (exact) mass is 260 g/mol. The minimum absolute atomic E-state index is 0.172. The average molecular weight is 261 g/mol. The zero-order chi connectivity index (χ0) is 13.1. The predicted octanol–water partition coefficient (Wildman–Crippen LogP) is 3.85. The second-order valence-corrected chi connectivity index (χ2v) is 5.33. The summed E-state index contributed by atoms with van der Waals surface area (Å²) in [6, 6.07) is 3.38. The number of unbranched alkanes of at least 4 members (excludes halogenated alkanes) is 1. The molecule has 0 heterocycles. The number of hydrogen-bond acceptors (Lipinski definition) is 1. The van der Waals surface area contributed by atoms with Crippen LogP contribution in [0.25, 0.3) is 0 Å². The van der Waals surface area contributed by atoms with E-state index in [1.165, 1.54) is 0 Å². The minimum Gasteiger partial charge on any atom is -0.489 e. The van der Waals surface area contributed by atoms with Crippen LogP contribution in [-0.2, 0) is 0 Å². The quantitative estimate of drug-likeness (QED) is 0.577. The molecule has 0 aliphatic carbocycles. The Bertz CT molecular complexity index is 388. The zero-order valence-electron chi connectivity index (χ0n) is 10.9. The average Bonchev–Trinajstić information content (AvgIpc) is 2.21. The second-order valence-electron chi connectivity index (χ2n) is 4.92. The molecular weight excluding hydrogens is 241 g/mol. The van der Waals surface area contributed by atoms with Crippen LogP contribution >= 0.6 is 11.6 Å². The summed E-state index contributed by atoms with van der Waals surface area (Å²) in [6.07, 6.45) is 1.90. The molecule has 0 fully saturated rings. The van der Waals surface area contributed by atoms with Gasteiger partial charge in [-0.25, -0.2) is 0 Å². The van der Waals surface area contributed by atoms with Gasteiger partial charge in [0.05, 0.1) is 32.8 Å². The highest BCUT2D eigenvalue weighted by molar-refractivity contribution is 6.32. The first-order chi connectivity index (χ1) is 7.88. The van der Waals surface area contributed by atoms with Crippen molar-refractivity contribution in [3.05, 3.63) is 23.0 Å². The van der Waals surface area contributed by atoms with Crippen LogP contribution in [-0.4, -0.2) is 27.7 Å². The lowest BCUT2D eigenvalue weighted by atomic mass is 10.2. The summed E-state index contributed by atoms with van der Waals surface area (Å²) in [5, 5.41) is 0.329. The van der Waals surface area contributed by atoms with E-state index in [9.17, 15) is 4.39 Å². The lowest BCUT2D eigenvalue weighted by Gasteiger charge is -2.24. The topological polar surface area (TPSA) is 9.23 Å². The van der Waals surface area contributed by atoms with E-state index in [4.69, 9.17) is 16.3 Å². The van der Waals surface area contributed by atoms with E-state index in [2.05, 4.69) is 6.92 Å². The van der Waals surface area contributed by atoms with Gasteiger partial charge in [0.25, 0.3) is 0 Å². The number of nitrogens with zero attached hydrogens (tertiary/aromatic N) is 1. The van der Waals surface area contributed by atoms with Crippen molar-refractivity contribution in [1.29, 1.82) is 0 Å². The molecule has 0 unspecified atom stereocenters. The summed E-state index contributed by atoms with van der Waals surface area (Å²) in [7, 11) is 5.71. The van der Waals surface area contributed by atoms with Gasteiger partial charge in [-0.1, -0.05) is 24.9 Å². The van der Waals surface area contributed by atoms with Gasteiger partial charge in [-0.2, -0.15) is 4.39 Å². The van der Waals surface area contributed by atoms with Crippen molar-refractivity contribution in [2.45, 2.75) is 19.8 Å². The maximum atomic E-state index is 14.2. The minimum atomic E-state index is -0.360. The van der Waals surface area contributed by atoms with E-state index in [1.807, 2.05) is 21.1 Å². The molecule has 0 atom stereocenters. The maximum Gasteiger partial charge on any atom is 0.227 e. The van der Waals surface area contributed by atoms with E-state index in [-0.39, 0.29) is 11.6 Å². The molecule has 0 saturated carbocycles. The SMILES string of the molecule is CCCCOc1c(Cl)ccc([N+](C)(C)C)c1F. The molecule has 17 heavy (non-hydrogen) atoms. The normalized spacial score (nSPS) is 11.6. The molecule has 0 spiro atoms. The first-order valence-corrected chi connectivity index (χ1v) is 6.18. The van der Waals surface area contributed by atoms with Crippen molar-refractivity contribution < 1.29 is 9.13 Å². The van der Waals surface area contributed by atoms with E-state index < -0.39 is 0 Å². The lowest BCUT2D eigenvalue weighted by molar-refractivity contribution is 0.291. The Morgan fingerprint density at radius 1 is 1.29 bits per heavy atom. The van der Waals surface area contributed by atoms with Crippen molar-refractivity contribution in [2.24, 2.45) is 0 Å². The highest BCUT2D eigenvalue weighted by Crippen LogP contribution is 2.35. The Kier molecular flexibility index (Phi) is 4.78. The molecule has 0 amide bonds. The molecule has 0 radical (unpaired) electrons.